The summed E-state index contributed by atoms with van der Waals surface area (Å²) in [6.07, 6.45) is 0.989. The summed E-state index contributed by atoms with van der Waals surface area (Å²) >= 11 is 5.92. The maximum Gasteiger partial charge on any atom is 0.123 e. The van der Waals surface area contributed by atoms with Gasteiger partial charge in [0.15, 0.2) is 0 Å². The summed E-state index contributed by atoms with van der Waals surface area (Å²) in [6.45, 7) is 10.2. The Morgan fingerprint density at radius 3 is 2.65 bits per heavy atom. The lowest BCUT2D eigenvalue weighted by atomic mass is 10.1. The number of benzene rings is 1. The van der Waals surface area contributed by atoms with Crippen LogP contribution < -0.4 is 10.1 Å². The van der Waals surface area contributed by atoms with Crippen molar-refractivity contribution in [3.05, 3.63) is 28.8 Å². The van der Waals surface area contributed by atoms with Crippen molar-refractivity contribution in [1.82, 2.24) is 5.32 Å². The number of hydrogen-bond acceptors (Lipinski definition) is 2. The Labute approximate surface area is 109 Å². The third kappa shape index (κ3) is 5.94. The fourth-order valence-electron chi connectivity index (χ4n) is 1.45. The van der Waals surface area contributed by atoms with E-state index in [-0.39, 0.29) is 5.54 Å². The van der Waals surface area contributed by atoms with E-state index in [9.17, 15) is 0 Å². The molecular weight excluding hydrogens is 234 g/mol. The summed E-state index contributed by atoms with van der Waals surface area (Å²) in [5.74, 6) is 0.883. The van der Waals surface area contributed by atoms with Crippen molar-refractivity contribution in [1.29, 1.82) is 0 Å². The van der Waals surface area contributed by atoms with E-state index in [0.29, 0.717) is 6.61 Å². The van der Waals surface area contributed by atoms with Crippen LogP contribution in [0, 0.1) is 6.92 Å². The Kier molecular flexibility index (Phi) is 5.29. The molecule has 0 unspecified atom stereocenters. The highest BCUT2D eigenvalue weighted by Crippen LogP contribution is 2.22. The number of ether oxygens (including phenoxy) is 1. The van der Waals surface area contributed by atoms with Gasteiger partial charge < -0.3 is 10.1 Å². The number of aryl methyl sites for hydroxylation is 1. The van der Waals surface area contributed by atoms with Gasteiger partial charge in [0.05, 0.1) is 6.61 Å². The van der Waals surface area contributed by atoms with Crippen molar-refractivity contribution in [2.45, 2.75) is 39.7 Å². The molecule has 1 aromatic carbocycles. The summed E-state index contributed by atoms with van der Waals surface area (Å²) in [4.78, 5) is 0. The zero-order valence-corrected chi connectivity index (χ0v) is 11.9. The van der Waals surface area contributed by atoms with Gasteiger partial charge in [-0.15, -0.1) is 0 Å². The van der Waals surface area contributed by atoms with E-state index < -0.39 is 0 Å². The normalized spacial score (nSPS) is 11.6. The molecule has 96 valence electrons. The minimum Gasteiger partial charge on any atom is -0.493 e. The van der Waals surface area contributed by atoms with Crippen molar-refractivity contribution in [3.63, 3.8) is 0 Å². The van der Waals surface area contributed by atoms with Gasteiger partial charge in [-0.2, -0.15) is 0 Å². The second-order valence-electron chi connectivity index (χ2n) is 5.29. The predicted molar refractivity (Wildman–Crippen MR) is 74.1 cm³/mol. The highest BCUT2D eigenvalue weighted by molar-refractivity contribution is 6.30. The van der Waals surface area contributed by atoms with Crippen LogP contribution >= 0.6 is 11.6 Å². The summed E-state index contributed by atoms with van der Waals surface area (Å²) in [7, 11) is 0. The van der Waals surface area contributed by atoms with Crippen LogP contribution in [0.25, 0.3) is 0 Å². The number of nitrogens with one attached hydrogen (secondary N) is 1. The molecule has 17 heavy (non-hydrogen) atoms. The maximum atomic E-state index is 5.92. The van der Waals surface area contributed by atoms with Crippen LogP contribution in [0.3, 0.4) is 0 Å². The number of rotatable bonds is 5. The second-order valence-corrected chi connectivity index (χ2v) is 5.73. The monoisotopic (exact) mass is 255 g/mol. The summed E-state index contributed by atoms with van der Waals surface area (Å²) < 4.78 is 5.71. The third-order valence-electron chi connectivity index (χ3n) is 2.38. The molecular formula is C14H22ClNO. The zero-order chi connectivity index (χ0) is 12.9. The van der Waals surface area contributed by atoms with E-state index in [1.165, 1.54) is 0 Å². The van der Waals surface area contributed by atoms with Crippen LogP contribution in [0.1, 0.15) is 32.8 Å². The van der Waals surface area contributed by atoms with E-state index in [1.54, 1.807) is 0 Å². The SMILES string of the molecule is Cc1ccc(Cl)cc1OCCCNC(C)(C)C. The minimum absolute atomic E-state index is 0.173. The lowest BCUT2D eigenvalue weighted by Crippen LogP contribution is -2.36. The molecule has 0 aliphatic rings. The molecule has 0 fully saturated rings. The first-order valence-corrected chi connectivity index (χ1v) is 6.40. The molecule has 0 saturated carbocycles. The quantitative estimate of drug-likeness (QED) is 0.808. The molecule has 3 heteroatoms. The highest BCUT2D eigenvalue weighted by atomic mass is 35.5. The van der Waals surface area contributed by atoms with E-state index >= 15 is 0 Å². The lowest BCUT2D eigenvalue weighted by Gasteiger charge is -2.20. The molecule has 1 N–H and O–H groups in total. The molecule has 0 aliphatic carbocycles. The van der Waals surface area contributed by atoms with E-state index in [2.05, 4.69) is 26.1 Å². The van der Waals surface area contributed by atoms with Gasteiger partial charge in [-0.1, -0.05) is 17.7 Å². The van der Waals surface area contributed by atoms with Crippen LogP contribution in [0.2, 0.25) is 5.02 Å². The molecule has 0 bridgehead atoms. The first-order chi connectivity index (χ1) is 7.88. The van der Waals surface area contributed by atoms with E-state index in [4.69, 9.17) is 16.3 Å². The van der Waals surface area contributed by atoms with E-state index in [1.807, 2.05) is 25.1 Å². The molecule has 0 aromatic heterocycles. The van der Waals surface area contributed by atoms with Gasteiger partial charge in [-0.05, 0) is 58.4 Å². The molecule has 0 spiro atoms. The fraction of sp³-hybridized carbons (Fsp3) is 0.571. The Balaban J connectivity index is 2.29. The molecule has 0 amide bonds. The van der Waals surface area contributed by atoms with E-state index in [0.717, 1.165) is 29.3 Å². The van der Waals surface area contributed by atoms with Crippen LogP contribution in [-0.4, -0.2) is 18.7 Å². The summed E-state index contributed by atoms with van der Waals surface area (Å²) in [6, 6.07) is 5.73. The van der Waals surface area contributed by atoms with Gasteiger partial charge in [0.25, 0.3) is 0 Å². The van der Waals surface area contributed by atoms with Gasteiger partial charge >= 0.3 is 0 Å². The molecule has 0 radical (unpaired) electrons. The van der Waals surface area contributed by atoms with Crippen molar-refractivity contribution in [2.75, 3.05) is 13.2 Å². The smallest absolute Gasteiger partial charge is 0.123 e. The Bertz CT molecular complexity index is 358. The van der Waals surface area contributed by atoms with Crippen LogP contribution in [0.4, 0.5) is 0 Å². The van der Waals surface area contributed by atoms with Crippen molar-refractivity contribution in [2.24, 2.45) is 0 Å². The molecule has 2 nitrogen and oxygen atoms in total. The van der Waals surface area contributed by atoms with Crippen molar-refractivity contribution >= 4 is 11.6 Å². The molecule has 0 saturated heterocycles. The molecule has 1 aromatic rings. The highest BCUT2D eigenvalue weighted by Gasteiger charge is 2.07. The van der Waals surface area contributed by atoms with Gasteiger partial charge in [-0.25, -0.2) is 0 Å². The predicted octanol–water partition coefficient (Wildman–Crippen LogP) is 3.81. The second kappa shape index (κ2) is 6.27. The molecule has 0 aliphatic heterocycles. The standard InChI is InChI=1S/C14H22ClNO/c1-11-6-7-12(15)10-13(11)17-9-5-8-16-14(2,3)4/h6-7,10,16H,5,8-9H2,1-4H3. The minimum atomic E-state index is 0.173. The average Bonchev–Trinajstić information content (AvgIpc) is 2.21. The third-order valence-corrected chi connectivity index (χ3v) is 2.62. The molecule has 0 heterocycles. The van der Waals surface area contributed by atoms with Gasteiger partial charge in [-0.3, -0.25) is 0 Å². The first kappa shape index (κ1) is 14.3. The Hall–Kier alpha value is -0.730. The lowest BCUT2D eigenvalue weighted by molar-refractivity contribution is 0.296. The Morgan fingerprint density at radius 1 is 1.29 bits per heavy atom. The molecule has 0 atom stereocenters. The number of halogens is 1. The topological polar surface area (TPSA) is 21.3 Å². The van der Waals surface area contributed by atoms with Crippen LogP contribution in [0.15, 0.2) is 18.2 Å². The Morgan fingerprint density at radius 2 is 2.00 bits per heavy atom. The average molecular weight is 256 g/mol. The van der Waals surface area contributed by atoms with Crippen LogP contribution in [-0.2, 0) is 0 Å². The van der Waals surface area contributed by atoms with Gasteiger partial charge in [0.2, 0.25) is 0 Å². The van der Waals surface area contributed by atoms with Crippen molar-refractivity contribution in [3.8, 4) is 5.75 Å². The maximum absolute atomic E-state index is 5.92. The zero-order valence-electron chi connectivity index (χ0n) is 11.1. The first-order valence-electron chi connectivity index (χ1n) is 6.02. The van der Waals surface area contributed by atoms with Crippen molar-refractivity contribution < 1.29 is 4.74 Å². The van der Waals surface area contributed by atoms with Gasteiger partial charge in [0, 0.05) is 10.6 Å². The summed E-state index contributed by atoms with van der Waals surface area (Å²) in [5, 5.41) is 4.15. The number of hydrogen-bond donors (Lipinski definition) is 1. The largest absolute Gasteiger partial charge is 0.493 e. The summed E-state index contributed by atoms with van der Waals surface area (Å²) in [5.41, 5.74) is 1.30. The van der Waals surface area contributed by atoms with Gasteiger partial charge in [0.1, 0.15) is 5.75 Å². The van der Waals surface area contributed by atoms with Crippen LogP contribution in [0.5, 0.6) is 5.75 Å². The fourth-order valence-corrected chi connectivity index (χ4v) is 1.61. The molecule has 1 rings (SSSR count).